The van der Waals surface area contributed by atoms with Gasteiger partial charge in [-0.15, -0.1) is 13.2 Å². The van der Waals surface area contributed by atoms with Crippen LogP contribution in [0.1, 0.15) is 42.4 Å². The first-order valence-corrected chi connectivity index (χ1v) is 15.3. The van der Waals surface area contributed by atoms with Crippen LogP contribution in [0.4, 0.5) is 5.69 Å². The monoisotopic (exact) mass is 585 g/mol. The second-order valence-electron chi connectivity index (χ2n) is 12.0. The third-order valence-electron chi connectivity index (χ3n) is 9.29. The highest BCUT2D eigenvalue weighted by atomic mass is 16.5. The summed E-state index contributed by atoms with van der Waals surface area (Å²) < 4.78 is 6.70. The zero-order valence-corrected chi connectivity index (χ0v) is 25.3. The number of carbonyl (C=O) groups is 3. The fourth-order valence-corrected chi connectivity index (χ4v) is 7.55. The second-order valence-corrected chi connectivity index (χ2v) is 12.0. The van der Waals surface area contributed by atoms with Crippen molar-refractivity contribution >= 4 is 23.4 Å². The number of anilines is 1. The van der Waals surface area contributed by atoms with Gasteiger partial charge in [0, 0.05) is 38.5 Å². The third-order valence-corrected chi connectivity index (χ3v) is 9.29. The van der Waals surface area contributed by atoms with Gasteiger partial charge in [-0.3, -0.25) is 14.4 Å². The van der Waals surface area contributed by atoms with Crippen LogP contribution < -0.4 is 4.90 Å². The number of nitrogens with zero attached hydrogens (tertiary/aromatic N) is 3. The van der Waals surface area contributed by atoms with Crippen LogP contribution in [0.25, 0.3) is 0 Å². The van der Waals surface area contributed by atoms with Gasteiger partial charge in [0.1, 0.15) is 11.6 Å². The molecule has 228 valence electrons. The summed E-state index contributed by atoms with van der Waals surface area (Å²) >= 11 is 0. The van der Waals surface area contributed by atoms with Crippen molar-refractivity contribution in [3.8, 4) is 0 Å². The van der Waals surface area contributed by atoms with Crippen molar-refractivity contribution in [1.82, 2.24) is 9.80 Å². The van der Waals surface area contributed by atoms with Crippen molar-refractivity contribution in [2.45, 2.75) is 63.8 Å². The predicted molar refractivity (Wildman–Crippen MR) is 166 cm³/mol. The maximum Gasteiger partial charge on any atom is 0.253 e. The van der Waals surface area contributed by atoms with Crippen LogP contribution in [0, 0.1) is 25.7 Å². The lowest BCUT2D eigenvalue weighted by molar-refractivity contribution is -0.145. The molecule has 0 saturated carbocycles. The summed E-state index contributed by atoms with van der Waals surface area (Å²) in [5.74, 6) is -2.02. The molecule has 8 nitrogen and oxygen atoms in total. The number of para-hydroxylation sites is 1. The van der Waals surface area contributed by atoms with Crippen molar-refractivity contribution in [2.75, 3.05) is 31.1 Å². The third kappa shape index (κ3) is 5.43. The predicted octanol–water partition coefficient (Wildman–Crippen LogP) is 4.18. The van der Waals surface area contributed by atoms with Crippen molar-refractivity contribution in [3.63, 3.8) is 0 Å². The van der Waals surface area contributed by atoms with E-state index in [-0.39, 0.29) is 30.9 Å². The van der Waals surface area contributed by atoms with Gasteiger partial charge >= 0.3 is 0 Å². The summed E-state index contributed by atoms with van der Waals surface area (Å²) in [6, 6.07) is 14.8. The van der Waals surface area contributed by atoms with Crippen LogP contribution in [0.5, 0.6) is 0 Å². The number of carbonyl (C=O) groups excluding carboxylic acids is 3. The number of likely N-dealkylation sites (tertiary alicyclic amines) is 1. The van der Waals surface area contributed by atoms with Crippen LogP contribution >= 0.6 is 0 Å². The van der Waals surface area contributed by atoms with E-state index in [1.807, 2.05) is 62.4 Å². The van der Waals surface area contributed by atoms with Gasteiger partial charge in [-0.2, -0.15) is 0 Å². The molecule has 2 aromatic rings. The largest absolute Gasteiger partial charge is 0.396 e. The first kappa shape index (κ1) is 30.7. The van der Waals surface area contributed by atoms with Gasteiger partial charge in [-0.25, -0.2) is 0 Å². The van der Waals surface area contributed by atoms with Gasteiger partial charge in [-0.05, 0) is 56.2 Å². The molecule has 0 radical (unpaired) electrons. The lowest BCUT2D eigenvalue weighted by Gasteiger charge is -2.37. The van der Waals surface area contributed by atoms with Gasteiger partial charge in [-0.1, -0.05) is 60.7 Å². The quantitative estimate of drug-likeness (QED) is 0.281. The minimum absolute atomic E-state index is 0.00407. The molecular formula is C35H43N3O5. The Bertz CT molecular complexity index is 1360. The minimum Gasteiger partial charge on any atom is -0.396 e. The molecule has 2 bridgehead atoms. The van der Waals surface area contributed by atoms with Crippen molar-refractivity contribution in [1.29, 1.82) is 0 Å². The first-order valence-electron chi connectivity index (χ1n) is 15.3. The van der Waals surface area contributed by atoms with E-state index in [2.05, 4.69) is 13.2 Å². The molecule has 3 heterocycles. The Morgan fingerprint density at radius 1 is 1.02 bits per heavy atom. The lowest BCUT2D eigenvalue weighted by atomic mass is 9.70. The molecule has 5 atom stereocenters. The molecule has 1 spiro atoms. The molecule has 1 N–H and O–H groups in total. The maximum absolute atomic E-state index is 14.8. The summed E-state index contributed by atoms with van der Waals surface area (Å²) in [6.45, 7) is 13.0. The Kier molecular flexibility index (Phi) is 9.18. The van der Waals surface area contributed by atoms with Crippen molar-refractivity contribution in [2.24, 2.45) is 11.8 Å². The van der Waals surface area contributed by atoms with E-state index >= 15 is 0 Å². The Hall–Kier alpha value is -3.75. The number of rotatable bonds is 13. The van der Waals surface area contributed by atoms with Crippen molar-refractivity contribution < 1.29 is 24.2 Å². The number of unbranched alkanes of at least 4 members (excludes halogenated alkanes) is 1. The highest BCUT2D eigenvalue weighted by molar-refractivity contribution is 6.05. The van der Waals surface area contributed by atoms with Crippen LogP contribution in [0.2, 0.25) is 0 Å². The molecule has 0 aromatic heterocycles. The lowest BCUT2D eigenvalue weighted by Crippen LogP contribution is -2.57. The van der Waals surface area contributed by atoms with E-state index in [0.717, 1.165) is 22.4 Å². The highest BCUT2D eigenvalue weighted by Gasteiger charge is 2.74. The van der Waals surface area contributed by atoms with E-state index in [1.165, 1.54) is 0 Å². The van der Waals surface area contributed by atoms with E-state index in [1.54, 1.807) is 26.9 Å². The van der Waals surface area contributed by atoms with Crippen LogP contribution in [0.15, 0.2) is 73.8 Å². The number of benzene rings is 2. The number of amides is 3. The number of aliphatic hydroxyl groups is 1. The van der Waals surface area contributed by atoms with Crippen LogP contribution in [0.3, 0.4) is 0 Å². The molecule has 8 heteroatoms. The SMILES string of the molecule is C=CCN(Cc1ccccc1)C(=O)[C@@H]1[C@@H]2CCC3(O2)C(C(=O)N(CC=C)c2c(C)cccc2C)N(CCCCO)C(=O)[C@H]13. The van der Waals surface area contributed by atoms with Gasteiger partial charge < -0.3 is 24.5 Å². The van der Waals surface area contributed by atoms with E-state index in [4.69, 9.17) is 4.74 Å². The van der Waals surface area contributed by atoms with E-state index < -0.39 is 29.6 Å². The number of aliphatic hydroxyl groups excluding tert-OH is 1. The van der Waals surface area contributed by atoms with E-state index in [9.17, 15) is 19.5 Å². The highest BCUT2D eigenvalue weighted by Crippen LogP contribution is 2.59. The number of hydrogen-bond acceptors (Lipinski definition) is 5. The van der Waals surface area contributed by atoms with Gasteiger partial charge in [0.25, 0.3) is 5.91 Å². The minimum atomic E-state index is -1.10. The number of hydrogen-bond donors (Lipinski definition) is 1. The summed E-state index contributed by atoms with van der Waals surface area (Å²) in [4.78, 5) is 48.5. The standard InChI is InChI=1S/C35H43N3O5/c1-5-19-36(23-26-15-8-7-9-16-26)32(40)28-27-17-18-35(43-27)29(28)33(41)38(21-10-11-22-39)31(35)34(42)37(20-6-2)30-24(3)13-12-14-25(30)4/h5-9,12-16,27-29,31,39H,1-2,10-11,17-23H2,3-4H3/t27-,28+,29-,31?,35?/m0/s1. The molecule has 3 aliphatic rings. The molecule has 0 aliphatic carbocycles. The fourth-order valence-electron chi connectivity index (χ4n) is 7.55. The molecule has 5 rings (SSSR count). The van der Waals surface area contributed by atoms with Crippen molar-refractivity contribution in [3.05, 3.63) is 90.5 Å². The Balaban J connectivity index is 1.54. The summed E-state index contributed by atoms with van der Waals surface area (Å²) in [7, 11) is 0. The average Bonchev–Trinajstić information content (AvgIpc) is 3.64. The zero-order valence-electron chi connectivity index (χ0n) is 25.3. The summed E-state index contributed by atoms with van der Waals surface area (Å²) in [6.07, 6.45) is 5.14. The Morgan fingerprint density at radius 3 is 2.37 bits per heavy atom. The molecule has 3 amide bonds. The van der Waals surface area contributed by atoms with Gasteiger partial charge in [0.05, 0.1) is 17.9 Å². The van der Waals surface area contributed by atoms with Gasteiger partial charge in [0.2, 0.25) is 11.8 Å². The Morgan fingerprint density at radius 2 is 1.72 bits per heavy atom. The zero-order chi connectivity index (χ0) is 30.7. The number of ether oxygens (including phenoxy) is 1. The molecule has 3 saturated heterocycles. The topological polar surface area (TPSA) is 90.4 Å². The first-order chi connectivity index (χ1) is 20.8. The number of aryl methyl sites for hydroxylation is 2. The van der Waals surface area contributed by atoms with Gasteiger partial charge in [0.15, 0.2) is 0 Å². The fraction of sp³-hybridized carbons (Fsp3) is 0.457. The second kappa shape index (κ2) is 12.9. The molecule has 2 unspecified atom stereocenters. The Labute approximate surface area is 254 Å². The normalized spacial score (nSPS) is 25.5. The average molecular weight is 586 g/mol. The molecule has 43 heavy (non-hydrogen) atoms. The molecule has 2 aromatic carbocycles. The smallest absolute Gasteiger partial charge is 0.253 e. The maximum atomic E-state index is 14.8. The van der Waals surface area contributed by atoms with E-state index in [0.29, 0.717) is 45.3 Å². The van der Waals surface area contributed by atoms with Crippen LogP contribution in [-0.4, -0.2) is 76.6 Å². The summed E-state index contributed by atoms with van der Waals surface area (Å²) in [5.41, 5.74) is 2.59. The van der Waals surface area contributed by atoms with Crippen LogP contribution in [-0.2, 0) is 25.7 Å². The molecule has 3 fully saturated rings. The molecular weight excluding hydrogens is 542 g/mol. The number of fused-ring (bicyclic) bond motifs is 1. The molecule has 3 aliphatic heterocycles. The summed E-state index contributed by atoms with van der Waals surface area (Å²) in [5, 5.41) is 9.49.